The van der Waals surface area contributed by atoms with Crippen LogP contribution in [0.2, 0.25) is 5.02 Å². The molecule has 0 amide bonds. The highest BCUT2D eigenvalue weighted by Gasteiger charge is 2.35. The molecule has 1 unspecified atom stereocenters. The summed E-state index contributed by atoms with van der Waals surface area (Å²) < 4.78 is 29.8. The number of benzene rings is 1. The molecule has 0 saturated carbocycles. The summed E-state index contributed by atoms with van der Waals surface area (Å²) in [6, 6.07) is 7.05. The maximum Gasteiger partial charge on any atom is 0.257 e. The summed E-state index contributed by atoms with van der Waals surface area (Å²) in [7, 11) is -0.952. The van der Waals surface area contributed by atoms with Crippen molar-refractivity contribution in [2.45, 2.75) is 39.8 Å². The van der Waals surface area contributed by atoms with Gasteiger partial charge in [0.1, 0.15) is 0 Å². The zero-order valence-corrected chi connectivity index (χ0v) is 17.4. The van der Waals surface area contributed by atoms with Gasteiger partial charge in [-0.05, 0) is 58.5 Å². The van der Waals surface area contributed by atoms with Crippen LogP contribution in [0.1, 0.15) is 32.8 Å². The predicted octanol–water partition coefficient (Wildman–Crippen LogP) is 4.83. The molecule has 0 aliphatic heterocycles. The molecule has 25 heavy (non-hydrogen) atoms. The third-order valence-electron chi connectivity index (χ3n) is 3.66. The normalized spacial score (nSPS) is 14.2. The van der Waals surface area contributed by atoms with Gasteiger partial charge in [0.15, 0.2) is 0 Å². The van der Waals surface area contributed by atoms with E-state index in [1.807, 2.05) is 52.1 Å². The van der Waals surface area contributed by atoms with Crippen LogP contribution in [0, 0.1) is 0 Å². The fraction of sp³-hybridized carbons (Fsp3) is 0.667. The molecule has 0 spiro atoms. The van der Waals surface area contributed by atoms with Crippen LogP contribution in [-0.4, -0.2) is 50.5 Å². The monoisotopic (exact) mass is 391 g/mol. The van der Waals surface area contributed by atoms with E-state index in [0.29, 0.717) is 26.0 Å². The summed E-state index contributed by atoms with van der Waals surface area (Å²) in [6.45, 7) is 8.46. The lowest BCUT2D eigenvalue weighted by atomic mass is 10.2. The molecular weight excluding hydrogens is 361 g/mol. The SMILES string of the molecule is CCOC(OCC)P(=O)(CCCN(C)Cc1ccc(Cl)cc1)OCC. The Labute approximate surface area is 157 Å². The molecule has 1 aromatic rings. The average molecular weight is 392 g/mol. The summed E-state index contributed by atoms with van der Waals surface area (Å²) >= 11 is 5.91. The molecule has 0 heterocycles. The highest BCUT2D eigenvalue weighted by molar-refractivity contribution is 7.59. The minimum absolute atomic E-state index is 0.383. The van der Waals surface area contributed by atoms with E-state index in [1.54, 1.807) is 0 Å². The number of rotatable bonds is 13. The first-order valence-corrected chi connectivity index (χ1v) is 11.1. The first-order valence-electron chi connectivity index (χ1n) is 8.84. The third kappa shape index (κ3) is 8.21. The molecule has 0 fully saturated rings. The maximum atomic E-state index is 13.2. The Morgan fingerprint density at radius 2 is 1.68 bits per heavy atom. The number of nitrogens with zero attached hydrogens (tertiary/aromatic N) is 1. The van der Waals surface area contributed by atoms with E-state index in [2.05, 4.69) is 4.90 Å². The van der Waals surface area contributed by atoms with Crippen molar-refractivity contribution in [2.75, 3.05) is 39.6 Å². The van der Waals surface area contributed by atoms with E-state index in [-0.39, 0.29) is 0 Å². The molecule has 0 radical (unpaired) electrons. The summed E-state index contributed by atoms with van der Waals surface area (Å²) in [5, 5.41) is 0.738. The lowest BCUT2D eigenvalue weighted by Gasteiger charge is -2.27. The molecule has 0 N–H and O–H groups in total. The highest BCUT2D eigenvalue weighted by atomic mass is 35.5. The van der Waals surface area contributed by atoms with Crippen molar-refractivity contribution in [3.8, 4) is 0 Å². The Morgan fingerprint density at radius 3 is 2.20 bits per heavy atom. The van der Waals surface area contributed by atoms with Gasteiger partial charge in [0, 0.05) is 30.9 Å². The molecular formula is C18H31ClNO4P. The number of hydrogen-bond acceptors (Lipinski definition) is 5. The second-order valence-corrected chi connectivity index (χ2v) is 8.82. The van der Waals surface area contributed by atoms with Gasteiger partial charge in [-0.2, -0.15) is 0 Å². The smallest absolute Gasteiger partial charge is 0.257 e. The first-order chi connectivity index (χ1) is 11.9. The minimum atomic E-state index is -3.00. The lowest BCUT2D eigenvalue weighted by Crippen LogP contribution is -2.24. The molecule has 0 saturated heterocycles. The zero-order valence-electron chi connectivity index (χ0n) is 15.7. The lowest BCUT2D eigenvalue weighted by molar-refractivity contribution is -0.0889. The Kier molecular flexibility index (Phi) is 10.9. The van der Waals surface area contributed by atoms with Crippen LogP contribution in [0.3, 0.4) is 0 Å². The topological polar surface area (TPSA) is 48.0 Å². The van der Waals surface area contributed by atoms with Gasteiger partial charge in [-0.25, -0.2) is 0 Å². The largest absolute Gasteiger partial charge is 0.345 e. The molecule has 0 aliphatic carbocycles. The van der Waals surface area contributed by atoms with Crippen LogP contribution < -0.4 is 0 Å². The fourth-order valence-corrected chi connectivity index (χ4v) is 4.91. The van der Waals surface area contributed by atoms with E-state index < -0.39 is 13.4 Å². The van der Waals surface area contributed by atoms with E-state index >= 15 is 0 Å². The summed E-state index contributed by atoms with van der Waals surface area (Å²) in [5.74, 6) is 0. The fourth-order valence-electron chi connectivity index (χ4n) is 2.55. The molecule has 1 rings (SSSR count). The van der Waals surface area contributed by atoms with Gasteiger partial charge in [-0.1, -0.05) is 23.7 Å². The highest BCUT2D eigenvalue weighted by Crippen LogP contribution is 2.53. The van der Waals surface area contributed by atoms with Gasteiger partial charge < -0.3 is 18.9 Å². The number of hydrogen-bond donors (Lipinski definition) is 0. The molecule has 0 aliphatic rings. The van der Waals surface area contributed by atoms with Gasteiger partial charge in [0.2, 0.25) is 6.03 Å². The Bertz CT molecular complexity index is 520. The van der Waals surface area contributed by atoms with Crippen LogP contribution in [0.25, 0.3) is 0 Å². The van der Waals surface area contributed by atoms with Crippen LogP contribution >= 0.6 is 19.0 Å². The van der Waals surface area contributed by atoms with E-state index in [9.17, 15) is 4.57 Å². The average Bonchev–Trinajstić information content (AvgIpc) is 2.57. The van der Waals surface area contributed by atoms with Gasteiger partial charge >= 0.3 is 0 Å². The second-order valence-electron chi connectivity index (χ2n) is 5.80. The van der Waals surface area contributed by atoms with Crippen molar-refractivity contribution in [1.29, 1.82) is 0 Å². The van der Waals surface area contributed by atoms with Crippen molar-refractivity contribution < 1.29 is 18.6 Å². The summed E-state index contributed by atoms with van der Waals surface area (Å²) in [4.78, 5) is 2.19. The maximum absolute atomic E-state index is 13.2. The van der Waals surface area contributed by atoms with Gasteiger partial charge in [0.05, 0.1) is 6.61 Å². The molecule has 5 nitrogen and oxygen atoms in total. The predicted molar refractivity (Wildman–Crippen MR) is 104 cm³/mol. The van der Waals surface area contributed by atoms with Gasteiger partial charge in [-0.3, -0.25) is 4.57 Å². The number of halogens is 1. The van der Waals surface area contributed by atoms with Crippen LogP contribution in [0.15, 0.2) is 24.3 Å². The molecule has 1 atom stereocenters. The van der Waals surface area contributed by atoms with E-state index in [1.165, 1.54) is 5.56 Å². The molecule has 0 aromatic heterocycles. The summed E-state index contributed by atoms with van der Waals surface area (Å²) in [5.41, 5.74) is 1.20. The zero-order chi connectivity index (χ0) is 18.7. The van der Waals surface area contributed by atoms with Crippen LogP contribution in [0.4, 0.5) is 0 Å². The third-order valence-corrected chi connectivity index (χ3v) is 6.49. The van der Waals surface area contributed by atoms with Crippen molar-refractivity contribution in [1.82, 2.24) is 4.90 Å². The van der Waals surface area contributed by atoms with Crippen molar-refractivity contribution in [3.05, 3.63) is 34.9 Å². The van der Waals surface area contributed by atoms with Crippen molar-refractivity contribution >= 4 is 19.0 Å². The second kappa shape index (κ2) is 12.1. The summed E-state index contributed by atoms with van der Waals surface area (Å²) in [6.07, 6.45) is 1.19. The molecule has 7 heteroatoms. The minimum Gasteiger partial charge on any atom is -0.345 e. The number of ether oxygens (including phenoxy) is 2. The van der Waals surface area contributed by atoms with Gasteiger partial charge in [-0.15, -0.1) is 0 Å². The van der Waals surface area contributed by atoms with Crippen LogP contribution in [-0.2, 0) is 25.1 Å². The molecule has 144 valence electrons. The quantitative estimate of drug-likeness (QED) is 0.356. The Balaban J connectivity index is 2.55. The standard InChI is InChI=1S/C18H31ClNO4P/c1-5-22-18(23-6-2)25(21,24-7-3)14-8-13-20(4)15-16-9-11-17(19)12-10-16/h9-12,18H,5-8,13-15H2,1-4H3. The first kappa shape index (κ1) is 22.6. The Morgan fingerprint density at radius 1 is 1.08 bits per heavy atom. The van der Waals surface area contributed by atoms with E-state index in [4.69, 9.17) is 25.6 Å². The van der Waals surface area contributed by atoms with E-state index in [0.717, 1.165) is 24.5 Å². The van der Waals surface area contributed by atoms with Crippen LogP contribution in [0.5, 0.6) is 0 Å². The van der Waals surface area contributed by atoms with Crippen molar-refractivity contribution in [2.24, 2.45) is 0 Å². The molecule has 0 bridgehead atoms. The Hall–Kier alpha value is -0.420. The molecule has 1 aromatic carbocycles. The van der Waals surface area contributed by atoms with Gasteiger partial charge in [0.25, 0.3) is 7.37 Å². The van der Waals surface area contributed by atoms with Crippen molar-refractivity contribution in [3.63, 3.8) is 0 Å².